The number of carbonyl (C=O) groups is 1. The van der Waals surface area contributed by atoms with Gasteiger partial charge in [-0.2, -0.15) is 9.97 Å². The van der Waals surface area contributed by atoms with E-state index in [0.717, 1.165) is 51.6 Å². The molecule has 3 fully saturated rings. The number of rotatable bonds is 7. The van der Waals surface area contributed by atoms with Crippen molar-refractivity contribution in [2.45, 2.75) is 57.0 Å². The molecule has 2 saturated heterocycles. The second-order valence-electron chi connectivity index (χ2n) is 10.9. The topological polar surface area (TPSA) is 109 Å². The molecule has 0 radical (unpaired) electrons. The van der Waals surface area contributed by atoms with Gasteiger partial charge in [0.15, 0.2) is 5.82 Å². The van der Waals surface area contributed by atoms with Gasteiger partial charge in [-0.3, -0.25) is 9.36 Å². The monoisotopic (exact) mass is 554 g/mol. The van der Waals surface area contributed by atoms with Crippen molar-refractivity contribution in [3.63, 3.8) is 0 Å². The summed E-state index contributed by atoms with van der Waals surface area (Å²) in [6, 6.07) is 9.14. The van der Waals surface area contributed by atoms with E-state index in [9.17, 15) is 13.6 Å². The van der Waals surface area contributed by atoms with Gasteiger partial charge in [-0.1, -0.05) is 12.1 Å². The molecule has 0 spiro atoms. The lowest BCUT2D eigenvalue weighted by molar-refractivity contribution is -0.126. The number of aromatic nitrogens is 4. The lowest BCUT2D eigenvalue weighted by atomic mass is 9.90. The van der Waals surface area contributed by atoms with E-state index in [1.54, 1.807) is 30.3 Å². The number of anilines is 2. The molecule has 2 aliphatic heterocycles. The average molecular weight is 555 g/mol. The van der Waals surface area contributed by atoms with Gasteiger partial charge in [0.1, 0.15) is 11.6 Å². The molecular formula is C28H36F2N8O2. The van der Waals surface area contributed by atoms with Crippen LogP contribution in [0.15, 0.2) is 30.3 Å². The number of carbonyl (C=O) groups excluding carboxylic acids is 1. The number of nitrogens with zero attached hydrogens (tertiary/aromatic N) is 5. The van der Waals surface area contributed by atoms with Crippen LogP contribution in [0.3, 0.4) is 0 Å². The normalized spacial score (nSPS) is 23.9. The fraction of sp³-hybridized carbons (Fsp3) is 0.571. The fourth-order valence-corrected chi connectivity index (χ4v) is 5.93. The maximum Gasteiger partial charge on any atom is 0.296 e. The van der Waals surface area contributed by atoms with Gasteiger partial charge in [0.2, 0.25) is 11.9 Å². The molecule has 0 bridgehead atoms. The van der Waals surface area contributed by atoms with Gasteiger partial charge in [-0.05, 0) is 57.2 Å². The first-order chi connectivity index (χ1) is 19.5. The molecular weight excluding hydrogens is 518 g/mol. The quantitative estimate of drug-likeness (QED) is 0.408. The number of halogens is 2. The van der Waals surface area contributed by atoms with Crippen LogP contribution in [0.25, 0.3) is 16.9 Å². The first-order valence-electron chi connectivity index (χ1n) is 14.3. The summed E-state index contributed by atoms with van der Waals surface area (Å²) < 4.78 is 35.2. The minimum atomic E-state index is -2.76. The van der Waals surface area contributed by atoms with Crippen molar-refractivity contribution in [2.75, 3.05) is 49.6 Å². The molecule has 1 aliphatic carbocycles. The summed E-state index contributed by atoms with van der Waals surface area (Å²) in [7, 11) is 0. The van der Waals surface area contributed by atoms with E-state index in [-0.39, 0.29) is 29.7 Å². The van der Waals surface area contributed by atoms with E-state index in [0.29, 0.717) is 54.9 Å². The van der Waals surface area contributed by atoms with Crippen LogP contribution < -0.4 is 20.9 Å². The number of nitrogens with one attached hydrogen (secondary N) is 3. The molecule has 1 saturated carbocycles. The molecule has 3 N–H and O–H groups in total. The number of alkyl halides is 2. The third-order valence-corrected chi connectivity index (χ3v) is 8.10. The molecule has 4 heterocycles. The third kappa shape index (κ3) is 5.87. The van der Waals surface area contributed by atoms with Gasteiger partial charge in [0.05, 0.1) is 30.2 Å². The van der Waals surface area contributed by atoms with Crippen LogP contribution in [0.4, 0.5) is 20.5 Å². The highest BCUT2D eigenvalue weighted by molar-refractivity contribution is 5.79. The van der Waals surface area contributed by atoms with Gasteiger partial charge >= 0.3 is 0 Å². The number of benzene rings is 1. The standard InChI is InChI=1S/C28H36F2N8O2/c29-25(30)26-34-21-5-1-2-6-22(21)38(26)24-16-23(35-28(36-24)37-12-14-40-15-13-37)32-19-7-9-20(10-8-19)33-27(39)18-4-3-11-31-17-18/h1-2,5-6,16,18-20,25,31H,3-4,7-15,17H2,(H,33,39)(H,32,35,36)/t18-,19-,20-/m1/s1. The molecule has 2 aromatic heterocycles. The van der Waals surface area contributed by atoms with Crippen LogP contribution in [0.2, 0.25) is 0 Å². The molecule has 3 aliphatic rings. The molecule has 214 valence electrons. The maximum absolute atomic E-state index is 14.1. The van der Waals surface area contributed by atoms with E-state index in [1.165, 1.54) is 4.57 Å². The molecule has 1 amide bonds. The number of hydrogen-bond donors (Lipinski definition) is 3. The average Bonchev–Trinajstić information content (AvgIpc) is 3.39. The molecule has 1 aromatic carbocycles. The number of piperidine rings is 1. The van der Waals surface area contributed by atoms with Crippen LogP contribution in [0.1, 0.15) is 50.8 Å². The summed E-state index contributed by atoms with van der Waals surface area (Å²) in [6.45, 7) is 4.09. The summed E-state index contributed by atoms with van der Waals surface area (Å²) in [5.41, 5.74) is 1.06. The first-order valence-corrected chi connectivity index (χ1v) is 14.3. The number of imidazole rings is 1. The van der Waals surface area contributed by atoms with Crippen molar-refractivity contribution < 1.29 is 18.3 Å². The fourth-order valence-electron chi connectivity index (χ4n) is 5.93. The Kier molecular flexibility index (Phi) is 8.05. The van der Waals surface area contributed by atoms with Crippen LogP contribution in [-0.4, -0.2) is 76.9 Å². The molecule has 0 unspecified atom stereocenters. The lowest BCUT2D eigenvalue weighted by Crippen LogP contribution is -2.46. The summed E-state index contributed by atoms with van der Waals surface area (Å²) >= 11 is 0. The number of fused-ring (bicyclic) bond motifs is 1. The van der Waals surface area contributed by atoms with Gasteiger partial charge in [-0.15, -0.1) is 0 Å². The van der Waals surface area contributed by atoms with Crippen molar-refractivity contribution in [1.82, 2.24) is 30.2 Å². The number of amides is 1. The Labute approximate surface area is 231 Å². The molecule has 3 aromatic rings. The SMILES string of the molecule is O=C(N[C@H]1CC[C@H](Nc2cc(-n3c(C(F)F)nc4ccccc43)nc(N3CCOCC3)n2)CC1)[C@@H]1CCCNC1. The Hall–Kier alpha value is -3.38. The minimum absolute atomic E-state index is 0.0556. The maximum atomic E-state index is 14.1. The largest absolute Gasteiger partial charge is 0.378 e. The Morgan fingerprint density at radius 3 is 2.55 bits per heavy atom. The molecule has 6 rings (SSSR count). The smallest absolute Gasteiger partial charge is 0.296 e. The van der Waals surface area contributed by atoms with Gasteiger partial charge in [0.25, 0.3) is 6.43 Å². The zero-order valence-corrected chi connectivity index (χ0v) is 22.5. The Morgan fingerprint density at radius 1 is 1.02 bits per heavy atom. The lowest BCUT2D eigenvalue weighted by Gasteiger charge is -2.32. The summed E-state index contributed by atoms with van der Waals surface area (Å²) in [6.07, 6.45) is 2.71. The van der Waals surface area contributed by atoms with E-state index < -0.39 is 6.43 Å². The Balaban J connectivity index is 1.22. The van der Waals surface area contributed by atoms with Gasteiger partial charge in [-0.25, -0.2) is 13.8 Å². The predicted octanol–water partition coefficient (Wildman–Crippen LogP) is 3.43. The zero-order chi connectivity index (χ0) is 27.5. The highest BCUT2D eigenvalue weighted by Gasteiger charge is 2.28. The van der Waals surface area contributed by atoms with Crippen molar-refractivity contribution in [3.8, 4) is 5.82 Å². The molecule has 12 heteroatoms. The van der Waals surface area contributed by atoms with Gasteiger partial charge < -0.3 is 25.6 Å². The summed E-state index contributed by atoms with van der Waals surface area (Å²) in [4.78, 5) is 28.4. The summed E-state index contributed by atoms with van der Waals surface area (Å²) in [5, 5.41) is 10.1. The number of ether oxygens (including phenoxy) is 1. The third-order valence-electron chi connectivity index (χ3n) is 8.10. The van der Waals surface area contributed by atoms with E-state index in [4.69, 9.17) is 14.7 Å². The minimum Gasteiger partial charge on any atom is -0.378 e. The molecule has 10 nitrogen and oxygen atoms in total. The highest BCUT2D eigenvalue weighted by Crippen LogP contribution is 2.30. The number of morpholine rings is 1. The highest BCUT2D eigenvalue weighted by atomic mass is 19.3. The van der Waals surface area contributed by atoms with Crippen molar-refractivity contribution in [2.24, 2.45) is 5.92 Å². The van der Waals surface area contributed by atoms with Crippen LogP contribution in [0.5, 0.6) is 0 Å². The second-order valence-corrected chi connectivity index (χ2v) is 10.9. The number of hydrogen-bond acceptors (Lipinski definition) is 8. The van der Waals surface area contributed by atoms with E-state index >= 15 is 0 Å². The van der Waals surface area contributed by atoms with Crippen LogP contribution >= 0.6 is 0 Å². The second kappa shape index (κ2) is 12.0. The molecule has 40 heavy (non-hydrogen) atoms. The van der Waals surface area contributed by atoms with Crippen LogP contribution in [0, 0.1) is 5.92 Å². The van der Waals surface area contributed by atoms with Gasteiger partial charge in [0, 0.05) is 37.8 Å². The zero-order valence-electron chi connectivity index (χ0n) is 22.5. The van der Waals surface area contributed by atoms with Crippen molar-refractivity contribution >= 4 is 28.7 Å². The first kappa shape index (κ1) is 26.8. The van der Waals surface area contributed by atoms with Crippen LogP contribution in [-0.2, 0) is 9.53 Å². The van der Waals surface area contributed by atoms with Crippen molar-refractivity contribution in [3.05, 3.63) is 36.2 Å². The van der Waals surface area contributed by atoms with E-state index in [1.807, 2.05) is 4.90 Å². The summed E-state index contributed by atoms with van der Waals surface area (Å²) in [5.74, 6) is 1.28. The Morgan fingerprint density at radius 2 is 1.80 bits per heavy atom. The predicted molar refractivity (Wildman–Crippen MR) is 148 cm³/mol. The van der Waals surface area contributed by atoms with Crippen molar-refractivity contribution in [1.29, 1.82) is 0 Å². The van der Waals surface area contributed by atoms with E-state index in [2.05, 4.69) is 20.9 Å². The number of para-hydroxylation sites is 2. The molecule has 1 atom stereocenters. The Bertz CT molecular complexity index is 1310.